The van der Waals surface area contributed by atoms with Crippen LogP contribution >= 0.6 is 0 Å². The first-order valence-corrected chi connectivity index (χ1v) is 8.44. The first-order chi connectivity index (χ1) is 12.5. The second-order valence-electron chi connectivity index (χ2n) is 5.72. The van der Waals surface area contributed by atoms with Crippen LogP contribution in [0.1, 0.15) is 36.2 Å². The predicted molar refractivity (Wildman–Crippen MR) is 103 cm³/mol. The van der Waals surface area contributed by atoms with Gasteiger partial charge in [0.25, 0.3) is 0 Å². The Bertz CT molecular complexity index is 811. The quantitative estimate of drug-likeness (QED) is 0.566. The molecule has 0 radical (unpaired) electrons. The number of amides is 1. The number of anilines is 1. The summed E-state index contributed by atoms with van der Waals surface area (Å²) in [5.74, 6) is 0.980. The number of carbonyl (C=O) groups excluding carboxylic acids is 2. The number of benzene rings is 2. The molecule has 0 aliphatic heterocycles. The van der Waals surface area contributed by atoms with E-state index in [4.69, 9.17) is 9.47 Å². The SMILES string of the molecule is CCCOc1cc(/C=C/C(=O)c2cccc(NC(C)=O)c2)ccc1OC. The molecule has 0 unspecified atom stereocenters. The molecule has 0 heterocycles. The Kier molecular flexibility index (Phi) is 6.97. The van der Waals surface area contributed by atoms with E-state index in [0.29, 0.717) is 29.4 Å². The average Bonchev–Trinajstić information content (AvgIpc) is 2.64. The molecule has 26 heavy (non-hydrogen) atoms. The van der Waals surface area contributed by atoms with E-state index in [1.807, 2.05) is 25.1 Å². The first-order valence-electron chi connectivity index (χ1n) is 8.44. The fraction of sp³-hybridized carbons (Fsp3) is 0.238. The molecule has 0 aromatic heterocycles. The molecule has 5 heteroatoms. The van der Waals surface area contributed by atoms with E-state index >= 15 is 0 Å². The van der Waals surface area contributed by atoms with Gasteiger partial charge in [-0.1, -0.05) is 31.2 Å². The molecule has 1 amide bonds. The molecule has 1 N–H and O–H groups in total. The lowest BCUT2D eigenvalue weighted by Crippen LogP contribution is -2.06. The van der Waals surface area contributed by atoms with Crippen LogP contribution in [0, 0.1) is 0 Å². The van der Waals surface area contributed by atoms with Crippen molar-refractivity contribution in [2.24, 2.45) is 0 Å². The molecular formula is C21H23NO4. The monoisotopic (exact) mass is 353 g/mol. The standard InChI is InChI=1S/C21H23NO4/c1-4-12-26-21-13-16(9-11-20(21)25-3)8-10-19(24)17-6-5-7-18(14-17)22-15(2)23/h5-11,13-14H,4,12H2,1-3H3,(H,22,23)/b10-8+. The molecule has 0 aliphatic carbocycles. The maximum atomic E-state index is 12.4. The largest absolute Gasteiger partial charge is 0.493 e. The van der Waals surface area contributed by atoms with Crippen LogP contribution in [0.3, 0.4) is 0 Å². The highest BCUT2D eigenvalue weighted by atomic mass is 16.5. The van der Waals surface area contributed by atoms with Gasteiger partial charge in [0, 0.05) is 18.2 Å². The van der Waals surface area contributed by atoms with Crippen molar-refractivity contribution in [2.75, 3.05) is 19.0 Å². The van der Waals surface area contributed by atoms with Crippen LogP contribution in [0.15, 0.2) is 48.5 Å². The fourth-order valence-electron chi connectivity index (χ4n) is 2.34. The summed E-state index contributed by atoms with van der Waals surface area (Å²) in [5, 5.41) is 2.67. The minimum absolute atomic E-state index is 0.149. The maximum absolute atomic E-state index is 12.4. The number of carbonyl (C=O) groups is 2. The van der Waals surface area contributed by atoms with E-state index in [9.17, 15) is 9.59 Å². The normalized spacial score (nSPS) is 10.6. The van der Waals surface area contributed by atoms with E-state index < -0.39 is 0 Å². The van der Waals surface area contributed by atoms with Gasteiger partial charge >= 0.3 is 0 Å². The van der Waals surface area contributed by atoms with Crippen molar-refractivity contribution < 1.29 is 19.1 Å². The molecule has 2 rings (SSSR count). The Hall–Kier alpha value is -3.08. The lowest BCUT2D eigenvalue weighted by Gasteiger charge is -2.10. The van der Waals surface area contributed by atoms with E-state index in [0.717, 1.165) is 12.0 Å². The van der Waals surface area contributed by atoms with Gasteiger partial charge in [-0.2, -0.15) is 0 Å². The average molecular weight is 353 g/mol. The van der Waals surface area contributed by atoms with Crippen molar-refractivity contribution in [1.82, 2.24) is 0 Å². The van der Waals surface area contributed by atoms with E-state index in [1.165, 1.54) is 13.0 Å². The Morgan fingerprint density at radius 2 is 1.92 bits per heavy atom. The summed E-state index contributed by atoms with van der Waals surface area (Å²) < 4.78 is 11.0. The van der Waals surface area contributed by atoms with Crippen molar-refractivity contribution in [3.8, 4) is 11.5 Å². The molecule has 0 spiro atoms. The number of allylic oxidation sites excluding steroid dienone is 1. The summed E-state index contributed by atoms with van der Waals surface area (Å²) in [6.45, 7) is 4.05. The summed E-state index contributed by atoms with van der Waals surface area (Å²) in [4.78, 5) is 23.5. The van der Waals surface area contributed by atoms with E-state index in [1.54, 1.807) is 37.5 Å². The van der Waals surface area contributed by atoms with Crippen molar-refractivity contribution >= 4 is 23.5 Å². The van der Waals surface area contributed by atoms with Crippen LogP contribution < -0.4 is 14.8 Å². The summed E-state index contributed by atoms with van der Waals surface area (Å²) in [6, 6.07) is 12.3. The zero-order valence-corrected chi connectivity index (χ0v) is 15.2. The van der Waals surface area contributed by atoms with Gasteiger partial charge < -0.3 is 14.8 Å². The van der Waals surface area contributed by atoms with Crippen LogP contribution in [0.5, 0.6) is 11.5 Å². The molecule has 136 valence electrons. The maximum Gasteiger partial charge on any atom is 0.221 e. The smallest absolute Gasteiger partial charge is 0.221 e. The lowest BCUT2D eigenvalue weighted by atomic mass is 10.1. The van der Waals surface area contributed by atoms with Crippen LogP contribution in [-0.4, -0.2) is 25.4 Å². The van der Waals surface area contributed by atoms with Gasteiger partial charge in [-0.3, -0.25) is 9.59 Å². The van der Waals surface area contributed by atoms with Gasteiger partial charge in [-0.15, -0.1) is 0 Å². The molecule has 0 bridgehead atoms. The number of nitrogens with one attached hydrogen (secondary N) is 1. The Morgan fingerprint density at radius 3 is 2.62 bits per heavy atom. The zero-order valence-electron chi connectivity index (χ0n) is 15.2. The van der Waals surface area contributed by atoms with E-state index in [-0.39, 0.29) is 11.7 Å². The van der Waals surface area contributed by atoms with Crippen molar-refractivity contribution in [3.05, 3.63) is 59.7 Å². The third kappa shape index (κ3) is 5.48. The van der Waals surface area contributed by atoms with Gasteiger partial charge in [0.05, 0.1) is 13.7 Å². The molecule has 0 atom stereocenters. The third-order valence-electron chi connectivity index (χ3n) is 3.54. The fourth-order valence-corrected chi connectivity index (χ4v) is 2.34. The minimum Gasteiger partial charge on any atom is -0.493 e. The highest BCUT2D eigenvalue weighted by Gasteiger charge is 2.06. The summed E-state index contributed by atoms with van der Waals surface area (Å²) in [6.07, 6.45) is 4.12. The lowest BCUT2D eigenvalue weighted by molar-refractivity contribution is -0.114. The highest BCUT2D eigenvalue weighted by molar-refractivity contribution is 6.07. The molecule has 5 nitrogen and oxygen atoms in total. The van der Waals surface area contributed by atoms with Crippen molar-refractivity contribution in [3.63, 3.8) is 0 Å². The van der Waals surface area contributed by atoms with Gasteiger partial charge in [0.2, 0.25) is 5.91 Å². The number of rotatable bonds is 8. The number of hydrogen-bond donors (Lipinski definition) is 1. The van der Waals surface area contributed by atoms with Gasteiger partial charge in [-0.25, -0.2) is 0 Å². The Morgan fingerprint density at radius 1 is 1.12 bits per heavy atom. The number of methoxy groups -OCH3 is 1. The minimum atomic E-state index is -0.178. The second kappa shape index (κ2) is 9.42. The second-order valence-corrected chi connectivity index (χ2v) is 5.72. The number of ether oxygens (including phenoxy) is 2. The van der Waals surface area contributed by atoms with Crippen LogP contribution in [0.2, 0.25) is 0 Å². The third-order valence-corrected chi connectivity index (χ3v) is 3.54. The van der Waals surface area contributed by atoms with Crippen LogP contribution in [0.4, 0.5) is 5.69 Å². The van der Waals surface area contributed by atoms with Gasteiger partial charge in [0.1, 0.15) is 0 Å². The van der Waals surface area contributed by atoms with Gasteiger partial charge in [-0.05, 0) is 42.3 Å². The topological polar surface area (TPSA) is 64.6 Å². The van der Waals surface area contributed by atoms with Crippen LogP contribution in [-0.2, 0) is 4.79 Å². The van der Waals surface area contributed by atoms with Crippen LogP contribution in [0.25, 0.3) is 6.08 Å². The first kappa shape index (κ1) is 19.2. The molecule has 0 fully saturated rings. The summed E-state index contributed by atoms with van der Waals surface area (Å²) >= 11 is 0. The molecule has 2 aromatic rings. The van der Waals surface area contributed by atoms with Crippen molar-refractivity contribution in [2.45, 2.75) is 20.3 Å². The molecule has 0 saturated carbocycles. The Labute approximate surface area is 153 Å². The molecular weight excluding hydrogens is 330 g/mol. The summed E-state index contributed by atoms with van der Waals surface area (Å²) in [5.41, 5.74) is 1.93. The number of ketones is 1. The van der Waals surface area contributed by atoms with Crippen molar-refractivity contribution in [1.29, 1.82) is 0 Å². The molecule has 0 aliphatic rings. The predicted octanol–water partition coefficient (Wildman–Crippen LogP) is 4.34. The molecule has 2 aromatic carbocycles. The number of hydrogen-bond acceptors (Lipinski definition) is 4. The summed E-state index contributed by atoms with van der Waals surface area (Å²) in [7, 11) is 1.59. The Balaban J connectivity index is 2.16. The highest BCUT2D eigenvalue weighted by Crippen LogP contribution is 2.28. The molecule has 0 saturated heterocycles. The van der Waals surface area contributed by atoms with Gasteiger partial charge in [0.15, 0.2) is 17.3 Å². The zero-order chi connectivity index (χ0) is 18.9. The van der Waals surface area contributed by atoms with E-state index in [2.05, 4.69) is 5.32 Å².